The Balaban J connectivity index is 2.29. The Kier molecular flexibility index (Phi) is 3.46. The van der Waals surface area contributed by atoms with Crippen LogP contribution in [0.3, 0.4) is 0 Å². The van der Waals surface area contributed by atoms with E-state index in [1.807, 2.05) is 0 Å². The van der Waals surface area contributed by atoms with Gasteiger partial charge in [-0.1, -0.05) is 6.07 Å². The predicted octanol–water partition coefficient (Wildman–Crippen LogP) is 1.58. The zero-order valence-electron chi connectivity index (χ0n) is 10.1. The van der Waals surface area contributed by atoms with Gasteiger partial charge in [-0.05, 0) is 6.07 Å². The van der Waals surface area contributed by atoms with E-state index in [9.17, 15) is 13.6 Å². The molecular weight excluding hydrogens is 256 g/mol. The van der Waals surface area contributed by atoms with Crippen molar-refractivity contribution in [1.29, 1.82) is 0 Å². The molecule has 2 N–H and O–H groups in total. The number of anilines is 1. The van der Waals surface area contributed by atoms with E-state index in [0.717, 1.165) is 12.1 Å². The van der Waals surface area contributed by atoms with Crippen molar-refractivity contribution >= 4 is 11.8 Å². The number of aromatic nitrogens is 2. The number of halogens is 2. The van der Waals surface area contributed by atoms with Crippen molar-refractivity contribution in [2.45, 2.75) is 6.54 Å². The molecule has 0 unspecified atom stereocenters. The normalized spacial score (nSPS) is 10.5. The minimum atomic E-state index is -0.687. The van der Waals surface area contributed by atoms with Crippen molar-refractivity contribution in [2.24, 2.45) is 0 Å². The Bertz CT molecular complexity index is 625. The molecule has 0 spiro atoms. The zero-order chi connectivity index (χ0) is 14.0. The second-order valence-corrected chi connectivity index (χ2v) is 3.83. The molecular formula is C12H11F2N3O2. The summed E-state index contributed by atoms with van der Waals surface area (Å²) in [5.74, 6) is -1.95. The fourth-order valence-corrected chi connectivity index (χ4v) is 1.61. The average molecular weight is 267 g/mol. The molecule has 1 heterocycles. The molecule has 1 aromatic carbocycles. The number of rotatable bonds is 3. The van der Waals surface area contributed by atoms with Gasteiger partial charge >= 0.3 is 5.97 Å². The van der Waals surface area contributed by atoms with Crippen LogP contribution in [0.2, 0.25) is 0 Å². The van der Waals surface area contributed by atoms with Gasteiger partial charge in [0.25, 0.3) is 0 Å². The van der Waals surface area contributed by atoms with E-state index < -0.39 is 17.6 Å². The molecule has 19 heavy (non-hydrogen) atoms. The first kappa shape index (κ1) is 13.0. The minimum Gasteiger partial charge on any atom is -0.464 e. The van der Waals surface area contributed by atoms with E-state index in [4.69, 9.17) is 5.73 Å². The predicted molar refractivity (Wildman–Crippen MR) is 63.4 cm³/mol. The lowest BCUT2D eigenvalue weighted by Crippen LogP contribution is -2.09. The van der Waals surface area contributed by atoms with Crippen LogP contribution in [0, 0.1) is 11.6 Å². The number of esters is 1. The molecule has 0 fully saturated rings. The van der Waals surface area contributed by atoms with Crippen molar-refractivity contribution < 1.29 is 18.3 Å². The van der Waals surface area contributed by atoms with Gasteiger partial charge in [0.05, 0.1) is 20.0 Å². The van der Waals surface area contributed by atoms with Crippen molar-refractivity contribution in [2.75, 3.05) is 12.8 Å². The number of carbonyl (C=O) groups excluding carboxylic acids is 1. The second kappa shape index (κ2) is 5.05. The van der Waals surface area contributed by atoms with E-state index >= 15 is 0 Å². The van der Waals surface area contributed by atoms with E-state index in [2.05, 4.69) is 9.72 Å². The van der Waals surface area contributed by atoms with Crippen LogP contribution >= 0.6 is 0 Å². The summed E-state index contributed by atoms with van der Waals surface area (Å²) in [6.07, 6.45) is 1.30. The molecule has 100 valence electrons. The third kappa shape index (κ3) is 2.54. The van der Waals surface area contributed by atoms with Gasteiger partial charge in [-0.15, -0.1) is 0 Å². The molecule has 0 aliphatic rings. The first-order valence-electron chi connectivity index (χ1n) is 5.35. The highest BCUT2D eigenvalue weighted by Crippen LogP contribution is 2.16. The molecule has 1 aromatic heterocycles. The highest BCUT2D eigenvalue weighted by atomic mass is 19.1. The van der Waals surface area contributed by atoms with Gasteiger partial charge in [-0.3, -0.25) is 0 Å². The third-order valence-electron chi connectivity index (χ3n) is 2.61. The van der Waals surface area contributed by atoms with Crippen LogP contribution < -0.4 is 5.73 Å². The van der Waals surface area contributed by atoms with Crippen LogP contribution in [0.5, 0.6) is 0 Å². The monoisotopic (exact) mass is 267 g/mol. The SMILES string of the molecule is COC(=O)c1ncn(Cc2ccc(F)cc2F)c1N. The Labute approximate surface area is 107 Å². The smallest absolute Gasteiger partial charge is 0.360 e. The first-order valence-corrected chi connectivity index (χ1v) is 5.35. The molecule has 7 heteroatoms. The summed E-state index contributed by atoms with van der Waals surface area (Å²) >= 11 is 0. The first-order chi connectivity index (χ1) is 9.02. The molecule has 2 rings (SSSR count). The maximum atomic E-state index is 13.5. The van der Waals surface area contributed by atoms with Gasteiger partial charge in [0.15, 0.2) is 5.69 Å². The van der Waals surface area contributed by atoms with E-state index in [1.54, 1.807) is 0 Å². The number of nitrogens with zero attached hydrogens (tertiary/aromatic N) is 2. The number of methoxy groups -OCH3 is 1. The van der Waals surface area contributed by atoms with Gasteiger partial charge in [0, 0.05) is 11.6 Å². The lowest BCUT2D eigenvalue weighted by Gasteiger charge is -2.06. The molecule has 0 amide bonds. The third-order valence-corrected chi connectivity index (χ3v) is 2.61. The summed E-state index contributed by atoms with van der Waals surface area (Å²) in [7, 11) is 1.21. The zero-order valence-corrected chi connectivity index (χ0v) is 10.1. The molecule has 0 saturated heterocycles. The maximum Gasteiger partial charge on any atom is 0.360 e. The van der Waals surface area contributed by atoms with Crippen molar-refractivity contribution in [3.05, 3.63) is 47.4 Å². The fraction of sp³-hybridized carbons (Fsp3) is 0.167. The van der Waals surface area contributed by atoms with Crippen LogP contribution in [0.15, 0.2) is 24.5 Å². The van der Waals surface area contributed by atoms with Crippen LogP contribution in [0.25, 0.3) is 0 Å². The number of imidazole rings is 1. The summed E-state index contributed by atoms with van der Waals surface area (Å²) in [6, 6.07) is 3.23. The number of benzene rings is 1. The van der Waals surface area contributed by atoms with Gasteiger partial charge < -0.3 is 15.0 Å². The number of carbonyl (C=O) groups is 1. The lowest BCUT2D eigenvalue weighted by atomic mass is 10.2. The molecule has 0 aliphatic carbocycles. The van der Waals surface area contributed by atoms with Crippen molar-refractivity contribution in [3.8, 4) is 0 Å². The molecule has 2 aromatic rings. The average Bonchev–Trinajstić information content (AvgIpc) is 2.73. The summed E-state index contributed by atoms with van der Waals surface area (Å²) in [4.78, 5) is 15.1. The Morgan fingerprint density at radius 3 is 2.84 bits per heavy atom. The van der Waals surface area contributed by atoms with E-state index in [0.29, 0.717) is 0 Å². The quantitative estimate of drug-likeness (QED) is 0.857. The molecule has 5 nitrogen and oxygen atoms in total. The number of hydrogen-bond donors (Lipinski definition) is 1. The van der Waals surface area contributed by atoms with Gasteiger partial charge in [-0.25, -0.2) is 18.6 Å². The number of ether oxygens (including phenoxy) is 1. The van der Waals surface area contributed by atoms with Crippen LogP contribution in [0.1, 0.15) is 16.1 Å². The number of hydrogen-bond acceptors (Lipinski definition) is 4. The lowest BCUT2D eigenvalue weighted by molar-refractivity contribution is 0.0596. The minimum absolute atomic E-state index is 0.0370. The van der Waals surface area contributed by atoms with Crippen LogP contribution in [-0.2, 0) is 11.3 Å². The Morgan fingerprint density at radius 2 is 2.21 bits per heavy atom. The molecule has 0 atom stereocenters. The standard InChI is InChI=1S/C12H11F2N3O2/c1-19-12(18)10-11(15)17(6-16-10)5-7-2-3-8(13)4-9(7)14/h2-4,6H,5,15H2,1H3. The summed E-state index contributed by atoms with van der Waals surface area (Å²) in [5, 5.41) is 0. The highest BCUT2D eigenvalue weighted by molar-refractivity contribution is 5.92. The summed E-state index contributed by atoms with van der Waals surface area (Å²) in [5.41, 5.74) is 5.91. The molecule has 0 saturated carbocycles. The van der Waals surface area contributed by atoms with E-state index in [1.165, 1.54) is 24.1 Å². The van der Waals surface area contributed by atoms with Gasteiger partial charge in [0.2, 0.25) is 0 Å². The van der Waals surface area contributed by atoms with Gasteiger partial charge in [0.1, 0.15) is 17.5 Å². The Hall–Kier alpha value is -2.44. The van der Waals surface area contributed by atoms with Crippen LogP contribution in [-0.4, -0.2) is 22.6 Å². The van der Waals surface area contributed by atoms with E-state index in [-0.39, 0.29) is 23.6 Å². The fourth-order valence-electron chi connectivity index (χ4n) is 1.61. The molecule has 0 bridgehead atoms. The number of nitrogens with two attached hydrogens (primary N) is 1. The summed E-state index contributed by atoms with van der Waals surface area (Å²) in [6.45, 7) is 0.0436. The summed E-state index contributed by atoms with van der Waals surface area (Å²) < 4.78 is 32.1. The maximum absolute atomic E-state index is 13.5. The highest BCUT2D eigenvalue weighted by Gasteiger charge is 2.16. The van der Waals surface area contributed by atoms with Crippen molar-refractivity contribution in [1.82, 2.24) is 9.55 Å². The second-order valence-electron chi connectivity index (χ2n) is 3.83. The number of nitrogen functional groups attached to an aromatic ring is 1. The van der Waals surface area contributed by atoms with Gasteiger partial charge in [-0.2, -0.15) is 0 Å². The Morgan fingerprint density at radius 1 is 1.47 bits per heavy atom. The van der Waals surface area contributed by atoms with Crippen molar-refractivity contribution in [3.63, 3.8) is 0 Å². The largest absolute Gasteiger partial charge is 0.464 e. The molecule has 0 aliphatic heterocycles. The topological polar surface area (TPSA) is 70.1 Å². The van der Waals surface area contributed by atoms with Crippen LogP contribution in [0.4, 0.5) is 14.6 Å². The molecule has 0 radical (unpaired) electrons.